The van der Waals surface area contributed by atoms with Crippen molar-refractivity contribution in [3.63, 3.8) is 0 Å². The number of sulfone groups is 1. The molecule has 152 valence electrons. The predicted octanol–water partition coefficient (Wildman–Crippen LogP) is 0.848. The zero-order chi connectivity index (χ0) is 20.5. The van der Waals surface area contributed by atoms with Gasteiger partial charge in [0, 0.05) is 19.5 Å². The van der Waals surface area contributed by atoms with Gasteiger partial charge in [0.05, 0.1) is 16.8 Å². The zero-order valence-electron chi connectivity index (χ0n) is 15.6. The number of hydrogen-bond donors (Lipinski definition) is 1. The lowest BCUT2D eigenvalue weighted by Crippen LogP contribution is -2.41. The van der Waals surface area contributed by atoms with E-state index in [-0.39, 0.29) is 35.7 Å². The molecule has 0 unspecified atom stereocenters. The smallest absolute Gasteiger partial charge is 0.235 e. The molecule has 2 aromatic rings. The highest BCUT2D eigenvalue weighted by atomic mass is 32.2. The van der Waals surface area contributed by atoms with Crippen molar-refractivity contribution in [2.24, 2.45) is 0 Å². The third-order valence-electron chi connectivity index (χ3n) is 4.78. The molecule has 0 bridgehead atoms. The molecule has 1 aromatic heterocycles. The Bertz CT molecular complexity index is 979. The van der Waals surface area contributed by atoms with Crippen LogP contribution >= 0.6 is 11.8 Å². The van der Waals surface area contributed by atoms with Crippen LogP contribution in [0.5, 0.6) is 0 Å². The maximum absolute atomic E-state index is 13.8. The molecule has 1 aliphatic rings. The first-order chi connectivity index (χ1) is 13.2. The van der Waals surface area contributed by atoms with Gasteiger partial charge in [-0.25, -0.2) is 17.5 Å². The van der Waals surface area contributed by atoms with Gasteiger partial charge in [-0.3, -0.25) is 4.79 Å². The SMILES string of the molecule is C[C@H](Sc1nnc(Cc2ccccc2F)n1N)C(=O)N(C)[C@@H]1CCS(=O)(=O)C1. The van der Waals surface area contributed by atoms with Crippen molar-refractivity contribution in [2.45, 2.75) is 36.2 Å². The molecule has 0 saturated carbocycles. The van der Waals surface area contributed by atoms with E-state index in [1.165, 1.54) is 15.6 Å². The van der Waals surface area contributed by atoms with E-state index < -0.39 is 15.1 Å². The summed E-state index contributed by atoms with van der Waals surface area (Å²) in [6.45, 7) is 1.71. The zero-order valence-corrected chi connectivity index (χ0v) is 17.2. The molecule has 11 heteroatoms. The van der Waals surface area contributed by atoms with Gasteiger partial charge in [0.15, 0.2) is 15.7 Å². The lowest BCUT2D eigenvalue weighted by molar-refractivity contribution is -0.130. The normalized spacial score (nSPS) is 19.5. The second kappa shape index (κ2) is 8.08. The van der Waals surface area contributed by atoms with E-state index in [4.69, 9.17) is 5.84 Å². The standard InChI is InChI=1S/C17H22FN5O3S2/c1-11(16(24)22(2)13-7-8-28(25,26)10-13)27-17-21-20-15(23(17)19)9-12-5-3-4-6-14(12)18/h3-6,11,13H,7-10,19H2,1-2H3/t11-,13+/m0/s1. The molecule has 1 aromatic carbocycles. The van der Waals surface area contributed by atoms with E-state index in [1.807, 2.05) is 0 Å². The first kappa shape index (κ1) is 20.6. The first-order valence-electron chi connectivity index (χ1n) is 8.74. The Hall–Kier alpha value is -2.14. The number of rotatable bonds is 6. The summed E-state index contributed by atoms with van der Waals surface area (Å²) in [6, 6.07) is 6.03. The molecule has 2 N–H and O–H groups in total. The second-order valence-electron chi connectivity index (χ2n) is 6.80. The molecule has 2 atom stereocenters. The van der Waals surface area contributed by atoms with Crippen LogP contribution in [-0.4, -0.2) is 63.9 Å². The molecule has 8 nitrogen and oxygen atoms in total. The fourth-order valence-corrected chi connectivity index (χ4v) is 5.74. The maximum atomic E-state index is 13.8. The van der Waals surface area contributed by atoms with Crippen LogP contribution in [0.2, 0.25) is 0 Å². The van der Waals surface area contributed by atoms with Gasteiger partial charge in [0.2, 0.25) is 11.1 Å². The highest BCUT2D eigenvalue weighted by Gasteiger charge is 2.34. The van der Waals surface area contributed by atoms with Gasteiger partial charge >= 0.3 is 0 Å². The van der Waals surface area contributed by atoms with Gasteiger partial charge in [0.1, 0.15) is 5.82 Å². The van der Waals surface area contributed by atoms with Crippen molar-refractivity contribution in [3.05, 3.63) is 41.5 Å². The van der Waals surface area contributed by atoms with Crippen molar-refractivity contribution < 1.29 is 17.6 Å². The van der Waals surface area contributed by atoms with Crippen LogP contribution in [-0.2, 0) is 21.1 Å². The first-order valence-corrected chi connectivity index (χ1v) is 11.4. The van der Waals surface area contributed by atoms with Crippen molar-refractivity contribution in [2.75, 3.05) is 24.4 Å². The molecule has 0 aliphatic carbocycles. The topological polar surface area (TPSA) is 111 Å². The highest BCUT2D eigenvalue weighted by molar-refractivity contribution is 8.00. The number of carbonyl (C=O) groups is 1. The monoisotopic (exact) mass is 427 g/mol. The number of halogens is 1. The lowest BCUT2D eigenvalue weighted by Gasteiger charge is -2.26. The Labute approximate surface area is 167 Å². The summed E-state index contributed by atoms with van der Waals surface area (Å²) in [4.78, 5) is 14.1. The van der Waals surface area contributed by atoms with Gasteiger partial charge in [-0.2, -0.15) is 0 Å². The number of nitrogens with zero attached hydrogens (tertiary/aromatic N) is 4. The van der Waals surface area contributed by atoms with Gasteiger partial charge in [-0.05, 0) is 25.0 Å². The Morgan fingerprint density at radius 1 is 1.43 bits per heavy atom. The van der Waals surface area contributed by atoms with E-state index in [0.29, 0.717) is 23.0 Å². The Morgan fingerprint density at radius 3 is 2.79 bits per heavy atom. The maximum Gasteiger partial charge on any atom is 0.235 e. The molecule has 1 fully saturated rings. The second-order valence-corrected chi connectivity index (χ2v) is 10.3. The molecule has 28 heavy (non-hydrogen) atoms. The molecule has 3 rings (SSSR count). The van der Waals surface area contributed by atoms with Crippen molar-refractivity contribution in [3.8, 4) is 0 Å². The van der Waals surface area contributed by atoms with Crippen LogP contribution in [0, 0.1) is 5.82 Å². The largest absolute Gasteiger partial charge is 0.341 e. The number of aromatic nitrogens is 3. The van der Waals surface area contributed by atoms with Crippen molar-refractivity contribution in [1.29, 1.82) is 0 Å². The summed E-state index contributed by atoms with van der Waals surface area (Å²) in [5, 5.41) is 7.81. The van der Waals surface area contributed by atoms with E-state index in [0.717, 1.165) is 11.8 Å². The number of carbonyl (C=O) groups excluding carboxylic acids is 1. The summed E-state index contributed by atoms with van der Waals surface area (Å²) < 4.78 is 38.4. The lowest BCUT2D eigenvalue weighted by atomic mass is 10.1. The summed E-state index contributed by atoms with van der Waals surface area (Å²) in [5.74, 6) is 5.95. The minimum absolute atomic E-state index is 0.00745. The number of amides is 1. The average Bonchev–Trinajstić information content (AvgIpc) is 3.18. The van der Waals surface area contributed by atoms with Gasteiger partial charge in [-0.1, -0.05) is 30.0 Å². The van der Waals surface area contributed by atoms with E-state index in [1.54, 1.807) is 32.2 Å². The Morgan fingerprint density at radius 2 is 2.14 bits per heavy atom. The minimum atomic E-state index is -3.07. The molecule has 2 heterocycles. The van der Waals surface area contributed by atoms with Crippen LogP contribution in [0.15, 0.2) is 29.4 Å². The minimum Gasteiger partial charge on any atom is -0.341 e. The molecule has 1 aliphatic heterocycles. The average molecular weight is 428 g/mol. The molecule has 1 amide bonds. The third kappa shape index (κ3) is 4.46. The molecule has 0 radical (unpaired) electrons. The van der Waals surface area contributed by atoms with Gasteiger partial charge < -0.3 is 10.7 Å². The number of nitrogen functional groups attached to an aromatic ring is 1. The van der Waals surface area contributed by atoms with Crippen LogP contribution in [0.3, 0.4) is 0 Å². The van der Waals surface area contributed by atoms with Gasteiger partial charge in [-0.15, -0.1) is 10.2 Å². The molecule has 0 spiro atoms. The summed E-state index contributed by atoms with van der Waals surface area (Å²) in [5.41, 5.74) is 0.449. The number of thioether (sulfide) groups is 1. The molecular formula is C17H22FN5O3S2. The summed E-state index contributed by atoms with van der Waals surface area (Å²) in [7, 11) is -1.46. The number of hydrogen-bond acceptors (Lipinski definition) is 7. The third-order valence-corrected chi connectivity index (χ3v) is 7.57. The molecule has 1 saturated heterocycles. The van der Waals surface area contributed by atoms with Crippen LogP contribution in [0.1, 0.15) is 24.7 Å². The van der Waals surface area contributed by atoms with Crippen LogP contribution < -0.4 is 5.84 Å². The number of nitrogens with two attached hydrogens (primary N) is 1. The highest BCUT2D eigenvalue weighted by Crippen LogP contribution is 2.25. The van der Waals surface area contributed by atoms with Crippen LogP contribution in [0.4, 0.5) is 4.39 Å². The summed E-state index contributed by atoms with van der Waals surface area (Å²) >= 11 is 1.13. The number of benzene rings is 1. The summed E-state index contributed by atoms with van der Waals surface area (Å²) in [6.07, 6.45) is 0.626. The van der Waals surface area contributed by atoms with E-state index in [2.05, 4.69) is 10.2 Å². The van der Waals surface area contributed by atoms with Crippen molar-refractivity contribution in [1.82, 2.24) is 19.8 Å². The van der Waals surface area contributed by atoms with Gasteiger partial charge in [0.25, 0.3) is 0 Å². The predicted molar refractivity (Wildman–Crippen MR) is 105 cm³/mol. The quantitative estimate of drug-likeness (QED) is 0.537. The fraction of sp³-hybridized carbons (Fsp3) is 0.471. The Kier molecular flexibility index (Phi) is 5.94. The van der Waals surface area contributed by atoms with E-state index in [9.17, 15) is 17.6 Å². The Balaban J connectivity index is 1.66. The molecular weight excluding hydrogens is 405 g/mol. The van der Waals surface area contributed by atoms with Crippen LogP contribution in [0.25, 0.3) is 0 Å². The fourth-order valence-electron chi connectivity index (χ4n) is 3.08. The van der Waals surface area contributed by atoms with Crippen molar-refractivity contribution >= 4 is 27.5 Å². The van der Waals surface area contributed by atoms with E-state index >= 15 is 0 Å².